The van der Waals surface area contributed by atoms with Crippen LogP contribution in [0.5, 0.6) is 0 Å². The van der Waals surface area contributed by atoms with Crippen molar-refractivity contribution >= 4 is 11.8 Å². The van der Waals surface area contributed by atoms with Crippen LogP contribution in [0, 0.1) is 5.41 Å². The number of rotatable bonds is 6. The van der Waals surface area contributed by atoms with E-state index in [1.807, 2.05) is 13.8 Å². The van der Waals surface area contributed by atoms with Crippen molar-refractivity contribution in [1.29, 1.82) is 0 Å². The Balaban J connectivity index is 2.64. The number of ether oxygens (including phenoxy) is 1. The SMILES string of the molecule is COCC1(C(=O)NC(C)C(=O)NC(C)C)CCNCC1. The normalized spacial score (nSPS) is 19.4. The second-order valence-electron chi connectivity index (χ2n) is 5.82. The van der Waals surface area contributed by atoms with E-state index in [1.165, 1.54) is 0 Å². The van der Waals surface area contributed by atoms with Gasteiger partial charge >= 0.3 is 0 Å². The molecule has 6 heteroatoms. The van der Waals surface area contributed by atoms with Crippen LogP contribution >= 0.6 is 0 Å². The molecule has 1 fully saturated rings. The van der Waals surface area contributed by atoms with Crippen LogP contribution in [0.25, 0.3) is 0 Å². The molecule has 3 N–H and O–H groups in total. The molecule has 0 radical (unpaired) electrons. The molecule has 0 saturated carbocycles. The molecular weight excluding hydrogens is 258 g/mol. The Bertz CT molecular complexity index is 333. The highest BCUT2D eigenvalue weighted by Crippen LogP contribution is 2.29. The molecule has 1 aliphatic rings. The molecule has 0 bridgehead atoms. The molecule has 0 aromatic carbocycles. The third-order valence-corrected chi connectivity index (χ3v) is 3.63. The van der Waals surface area contributed by atoms with E-state index >= 15 is 0 Å². The fraction of sp³-hybridized carbons (Fsp3) is 0.857. The molecule has 1 saturated heterocycles. The summed E-state index contributed by atoms with van der Waals surface area (Å²) in [6.45, 7) is 7.47. The number of hydrogen-bond donors (Lipinski definition) is 3. The van der Waals surface area contributed by atoms with Crippen LogP contribution in [0.3, 0.4) is 0 Å². The van der Waals surface area contributed by atoms with Crippen LogP contribution in [0.1, 0.15) is 33.6 Å². The zero-order valence-electron chi connectivity index (χ0n) is 12.9. The summed E-state index contributed by atoms with van der Waals surface area (Å²) >= 11 is 0. The van der Waals surface area contributed by atoms with E-state index in [9.17, 15) is 9.59 Å². The Morgan fingerprint density at radius 3 is 2.30 bits per heavy atom. The highest BCUT2D eigenvalue weighted by molar-refractivity contribution is 5.90. The van der Waals surface area contributed by atoms with Crippen LogP contribution in [-0.4, -0.2) is 50.7 Å². The fourth-order valence-corrected chi connectivity index (χ4v) is 2.44. The first kappa shape index (κ1) is 16.9. The predicted molar refractivity (Wildman–Crippen MR) is 77.3 cm³/mol. The third-order valence-electron chi connectivity index (χ3n) is 3.63. The first-order valence-corrected chi connectivity index (χ1v) is 7.22. The van der Waals surface area contributed by atoms with Crippen LogP contribution in [0.15, 0.2) is 0 Å². The fourth-order valence-electron chi connectivity index (χ4n) is 2.44. The largest absolute Gasteiger partial charge is 0.384 e. The summed E-state index contributed by atoms with van der Waals surface area (Å²) < 4.78 is 5.22. The molecule has 0 aromatic heterocycles. The van der Waals surface area contributed by atoms with Crippen molar-refractivity contribution < 1.29 is 14.3 Å². The standard InChI is InChI=1S/C14H27N3O3/c1-10(2)16-12(18)11(3)17-13(19)14(9-20-4)5-7-15-8-6-14/h10-11,15H,5-9H2,1-4H3,(H,16,18)(H,17,19). The van der Waals surface area contributed by atoms with E-state index in [0.29, 0.717) is 6.61 Å². The molecule has 20 heavy (non-hydrogen) atoms. The predicted octanol–water partition coefficient (Wildman–Crippen LogP) is 0.0319. The van der Waals surface area contributed by atoms with Gasteiger partial charge in [-0.2, -0.15) is 0 Å². The van der Waals surface area contributed by atoms with Gasteiger partial charge < -0.3 is 20.7 Å². The Kier molecular flexibility index (Phi) is 6.42. The summed E-state index contributed by atoms with van der Waals surface area (Å²) in [6, 6.07) is -0.470. The van der Waals surface area contributed by atoms with Gasteiger partial charge in [-0.15, -0.1) is 0 Å². The Hall–Kier alpha value is -1.14. The molecule has 1 atom stereocenters. The summed E-state index contributed by atoms with van der Waals surface area (Å²) in [5.74, 6) is -0.248. The van der Waals surface area contributed by atoms with Gasteiger partial charge in [-0.1, -0.05) is 0 Å². The lowest BCUT2D eigenvalue weighted by Crippen LogP contribution is -2.55. The van der Waals surface area contributed by atoms with Gasteiger partial charge in [-0.25, -0.2) is 0 Å². The van der Waals surface area contributed by atoms with Gasteiger partial charge in [0, 0.05) is 13.2 Å². The van der Waals surface area contributed by atoms with Gasteiger partial charge in [-0.05, 0) is 46.7 Å². The monoisotopic (exact) mass is 285 g/mol. The van der Waals surface area contributed by atoms with Gasteiger partial charge in [0.2, 0.25) is 11.8 Å². The lowest BCUT2D eigenvalue weighted by atomic mass is 9.78. The summed E-state index contributed by atoms with van der Waals surface area (Å²) in [5.41, 5.74) is -0.521. The topological polar surface area (TPSA) is 79.5 Å². The van der Waals surface area contributed by atoms with Crippen molar-refractivity contribution in [1.82, 2.24) is 16.0 Å². The number of carbonyl (C=O) groups excluding carboxylic acids is 2. The van der Waals surface area contributed by atoms with E-state index < -0.39 is 11.5 Å². The molecule has 0 aromatic rings. The van der Waals surface area contributed by atoms with Crippen molar-refractivity contribution in [3.63, 3.8) is 0 Å². The Morgan fingerprint density at radius 2 is 1.80 bits per heavy atom. The maximum Gasteiger partial charge on any atom is 0.242 e. The number of piperidine rings is 1. The average molecular weight is 285 g/mol. The summed E-state index contributed by atoms with van der Waals surface area (Å²) in [4.78, 5) is 24.4. The zero-order chi connectivity index (χ0) is 15.2. The zero-order valence-corrected chi connectivity index (χ0v) is 12.9. The van der Waals surface area contributed by atoms with Gasteiger partial charge in [0.15, 0.2) is 0 Å². The second-order valence-corrected chi connectivity index (χ2v) is 5.82. The maximum atomic E-state index is 12.5. The molecule has 1 heterocycles. The van der Waals surface area contributed by atoms with Gasteiger partial charge in [0.05, 0.1) is 12.0 Å². The van der Waals surface area contributed by atoms with Crippen molar-refractivity contribution in [2.24, 2.45) is 5.41 Å². The third kappa shape index (κ3) is 4.45. The van der Waals surface area contributed by atoms with Crippen molar-refractivity contribution in [3.8, 4) is 0 Å². The van der Waals surface area contributed by atoms with Crippen molar-refractivity contribution in [2.45, 2.75) is 45.7 Å². The van der Waals surface area contributed by atoms with Crippen LogP contribution < -0.4 is 16.0 Å². The lowest BCUT2D eigenvalue weighted by Gasteiger charge is -2.36. The molecule has 2 amide bonds. The van der Waals surface area contributed by atoms with E-state index in [4.69, 9.17) is 4.74 Å². The smallest absolute Gasteiger partial charge is 0.242 e. The number of hydrogen-bond acceptors (Lipinski definition) is 4. The molecule has 1 rings (SSSR count). The molecule has 116 valence electrons. The lowest BCUT2D eigenvalue weighted by molar-refractivity contribution is -0.139. The molecule has 1 aliphatic heterocycles. The number of methoxy groups -OCH3 is 1. The second kappa shape index (κ2) is 7.59. The minimum Gasteiger partial charge on any atom is -0.384 e. The van der Waals surface area contributed by atoms with Crippen molar-refractivity contribution in [3.05, 3.63) is 0 Å². The first-order chi connectivity index (χ1) is 9.41. The van der Waals surface area contributed by atoms with Crippen LogP contribution in [0.4, 0.5) is 0 Å². The minimum absolute atomic E-state index is 0.0636. The number of nitrogens with one attached hydrogen (secondary N) is 3. The number of carbonyl (C=O) groups is 2. The molecular formula is C14H27N3O3. The van der Waals surface area contributed by atoms with E-state index in [1.54, 1.807) is 14.0 Å². The number of amides is 2. The van der Waals surface area contributed by atoms with Crippen molar-refractivity contribution in [2.75, 3.05) is 26.8 Å². The molecule has 6 nitrogen and oxygen atoms in total. The highest BCUT2D eigenvalue weighted by Gasteiger charge is 2.40. The van der Waals surface area contributed by atoms with Gasteiger partial charge in [0.25, 0.3) is 0 Å². The molecule has 0 spiro atoms. The quantitative estimate of drug-likeness (QED) is 0.643. The summed E-state index contributed by atoms with van der Waals surface area (Å²) in [7, 11) is 1.60. The molecule has 1 unspecified atom stereocenters. The van der Waals surface area contributed by atoms with E-state index in [0.717, 1.165) is 25.9 Å². The van der Waals surface area contributed by atoms with Crippen LogP contribution in [0.2, 0.25) is 0 Å². The summed E-state index contributed by atoms with van der Waals surface area (Å²) in [6.07, 6.45) is 1.45. The summed E-state index contributed by atoms with van der Waals surface area (Å²) in [5, 5.41) is 8.86. The van der Waals surface area contributed by atoms with Gasteiger partial charge in [0.1, 0.15) is 6.04 Å². The molecule has 0 aliphatic carbocycles. The van der Waals surface area contributed by atoms with Crippen LogP contribution in [-0.2, 0) is 14.3 Å². The first-order valence-electron chi connectivity index (χ1n) is 7.22. The maximum absolute atomic E-state index is 12.5. The Morgan fingerprint density at radius 1 is 1.20 bits per heavy atom. The minimum atomic E-state index is -0.534. The Labute approximate surface area is 121 Å². The highest BCUT2D eigenvalue weighted by atomic mass is 16.5. The average Bonchev–Trinajstić information content (AvgIpc) is 2.39. The van der Waals surface area contributed by atoms with E-state index in [2.05, 4.69) is 16.0 Å². The van der Waals surface area contributed by atoms with Gasteiger partial charge in [-0.3, -0.25) is 9.59 Å². The van der Waals surface area contributed by atoms with E-state index in [-0.39, 0.29) is 17.9 Å².